The first-order chi connectivity index (χ1) is 12.0. The fourth-order valence-electron chi connectivity index (χ4n) is 1.94. The van der Waals surface area contributed by atoms with Crippen LogP contribution in [0.5, 0.6) is 5.75 Å². The topological polar surface area (TPSA) is 75.1 Å². The lowest BCUT2D eigenvalue weighted by molar-refractivity contribution is 0.102. The first-order valence-electron chi connectivity index (χ1n) is 7.09. The summed E-state index contributed by atoms with van der Waals surface area (Å²) in [6, 6.07) is 13.8. The standard InChI is InChI=1S/C17H11Cl2N3O2S/c18-12-8-10(6-7-14(12)23)9-13(19)16-21-22-17(25-16)15(24)20-11-4-2-1-3-5-11/h1-9,23H,(H,20,24)/b13-9+. The van der Waals surface area contributed by atoms with E-state index >= 15 is 0 Å². The van der Waals surface area contributed by atoms with E-state index in [-0.39, 0.29) is 21.7 Å². The molecule has 0 aliphatic carbocycles. The van der Waals surface area contributed by atoms with E-state index in [2.05, 4.69) is 15.5 Å². The highest BCUT2D eigenvalue weighted by molar-refractivity contribution is 7.15. The van der Waals surface area contributed by atoms with E-state index in [1.165, 1.54) is 6.07 Å². The van der Waals surface area contributed by atoms with Crippen molar-refractivity contribution >= 4 is 57.2 Å². The number of benzene rings is 2. The second-order valence-electron chi connectivity index (χ2n) is 4.94. The van der Waals surface area contributed by atoms with E-state index in [9.17, 15) is 9.90 Å². The van der Waals surface area contributed by atoms with E-state index in [4.69, 9.17) is 23.2 Å². The molecule has 0 bridgehead atoms. The predicted octanol–water partition coefficient (Wildman–Crippen LogP) is 4.89. The molecule has 0 atom stereocenters. The molecule has 1 amide bonds. The Labute approximate surface area is 157 Å². The lowest BCUT2D eigenvalue weighted by Crippen LogP contribution is -2.11. The molecule has 0 spiro atoms. The number of hydrogen-bond donors (Lipinski definition) is 2. The van der Waals surface area contributed by atoms with Crippen LogP contribution in [-0.2, 0) is 0 Å². The van der Waals surface area contributed by atoms with Gasteiger partial charge in [0, 0.05) is 5.69 Å². The van der Waals surface area contributed by atoms with Crippen LogP contribution < -0.4 is 5.32 Å². The van der Waals surface area contributed by atoms with Gasteiger partial charge >= 0.3 is 0 Å². The van der Waals surface area contributed by atoms with E-state index < -0.39 is 0 Å². The zero-order valence-corrected chi connectivity index (χ0v) is 14.9. The van der Waals surface area contributed by atoms with Crippen molar-refractivity contribution in [2.24, 2.45) is 0 Å². The Morgan fingerprint density at radius 1 is 1.12 bits per heavy atom. The molecule has 0 fully saturated rings. The number of phenols is 1. The lowest BCUT2D eigenvalue weighted by Gasteiger charge is -2.00. The van der Waals surface area contributed by atoms with Crippen LogP contribution in [0.2, 0.25) is 5.02 Å². The van der Waals surface area contributed by atoms with Gasteiger partial charge in [0.25, 0.3) is 5.91 Å². The SMILES string of the molecule is O=C(Nc1ccccc1)c1nnc(/C(Cl)=C\c2ccc(O)c(Cl)c2)s1. The minimum Gasteiger partial charge on any atom is -0.506 e. The van der Waals surface area contributed by atoms with Gasteiger partial charge in [-0.25, -0.2) is 0 Å². The molecule has 5 nitrogen and oxygen atoms in total. The van der Waals surface area contributed by atoms with Gasteiger partial charge in [-0.1, -0.05) is 58.8 Å². The molecule has 1 aromatic heterocycles. The average Bonchev–Trinajstić information content (AvgIpc) is 3.09. The van der Waals surface area contributed by atoms with Crippen LogP contribution >= 0.6 is 34.5 Å². The first kappa shape index (κ1) is 17.4. The summed E-state index contributed by atoms with van der Waals surface area (Å²) in [6.07, 6.45) is 1.63. The highest BCUT2D eigenvalue weighted by atomic mass is 35.5. The zero-order valence-electron chi connectivity index (χ0n) is 12.6. The molecule has 126 valence electrons. The maximum absolute atomic E-state index is 12.2. The second kappa shape index (κ2) is 7.65. The highest BCUT2D eigenvalue weighted by Gasteiger charge is 2.15. The number of nitrogens with zero attached hydrogens (tertiary/aromatic N) is 2. The van der Waals surface area contributed by atoms with E-state index in [0.717, 1.165) is 11.3 Å². The molecule has 2 N–H and O–H groups in total. The molecular weight excluding hydrogens is 381 g/mol. The maximum Gasteiger partial charge on any atom is 0.286 e. The number of para-hydroxylation sites is 1. The molecule has 3 aromatic rings. The number of aromatic nitrogens is 2. The number of hydrogen-bond acceptors (Lipinski definition) is 5. The normalized spacial score (nSPS) is 11.4. The zero-order chi connectivity index (χ0) is 17.8. The largest absolute Gasteiger partial charge is 0.506 e. The number of phenolic OH excluding ortho intramolecular Hbond substituents is 1. The van der Waals surface area contributed by atoms with Crippen LogP contribution in [0, 0.1) is 0 Å². The van der Waals surface area contributed by atoms with Crippen LogP contribution in [0.3, 0.4) is 0 Å². The Hall–Kier alpha value is -2.41. The van der Waals surface area contributed by atoms with Crippen molar-refractivity contribution in [2.45, 2.75) is 0 Å². The fourth-order valence-corrected chi connectivity index (χ4v) is 3.05. The number of rotatable bonds is 4. The molecule has 1 heterocycles. The maximum atomic E-state index is 12.2. The van der Waals surface area contributed by atoms with E-state index in [1.807, 2.05) is 18.2 Å². The van der Waals surface area contributed by atoms with Crippen LogP contribution in [0.25, 0.3) is 11.1 Å². The summed E-state index contributed by atoms with van der Waals surface area (Å²) >= 11 is 13.2. The van der Waals surface area contributed by atoms with Crippen molar-refractivity contribution in [3.8, 4) is 5.75 Å². The van der Waals surface area contributed by atoms with Crippen molar-refractivity contribution in [2.75, 3.05) is 5.32 Å². The summed E-state index contributed by atoms with van der Waals surface area (Å²) in [4.78, 5) is 12.2. The van der Waals surface area contributed by atoms with Crippen LogP contribution in [-0.4, -0.2) is 21.2 Å². The summed E-state index contributed by atoms with van der Waals surface area (Å²) in [7, 11) is 0. The average molecular weight is 392 g/mol. The van der Waals surface area contributed by atoms with Gasteiger partial charge in [0.1, 0.15) is 5.75 Å². The van der Waals surface area contributed by atoms with Crippen molar-refractivity contribution in [3.05, 3.63) is 69.1 Å². The number of carbonyl (C=O) groups is 1. The molecule has 0 aliphatic rings. The molecule has 2 aromatic carbocycles. The number of amides is 1. The quantitative estimate of drug-likeness (QED) is 0.663. The summed E-state index contributed by atoms with van der Waals surface area (Å²) in [5.41, 5.74) is 1.36. The molecule has 0 saturated carbocycles. The number of anilines is 1. The Morgan fingerprint density at radius 2 is 1.84 bits per heavy atom. The summed E-state index contributed by atoms with van der Waals surface area (Å²) < 4.78 is 0. The van der Waals surface area contributed by atoms with Gasteiger partial charge in [-0.05, 0) is 35.9 Å². The van der Waals surface area contributed by atoms with Crippen LogP contribution in [0.4, 0.5) is 5.69 Å². The fraction of sp³-hybridized carbons (Fsp3) is 0. The Morgan fingerprint density at radius 3 is 2.56 bits per heavy atom. The van der Waals surface area contributed by atoms with Crippen molar-refractivity contribution < 1.29 is 9.90 Å². The number of carbonyl (C=O) groups excluding carboxylic acids is 1. The van der Waals surface area contributed by atoms with E-state index in [1.54, 1.807) is 30.3 Å². The smallest absolute Gasteiger partial charge is 0.286 e. The number of aromatic hydroxyl groups is 1. The molecule has 0 saturated heterocycles. The Kier molecular flexibility index (Phi) is 5.33. The third-order valence-electron chi connectivity index (χ3n) is 3.12. The van der Waals surface area contributed by atoms with Crippen LogP contribution in [0.1, 0.15) is 20.4 Å². The van der Waals surface area contributed by atoms with Gasteiger partial charge in [0.2, 0.25) is 5.01 Å². The first-order valence-corrected chi connectivity index (χ1v) is 8.66. The van der Waals surface area contributed by atoms with Gasteiger partial charge < -0.3 is 10.4 Å². The van der Waals surface area contributed by atoms with Crippen molar-refractivity contribution in [3.63, 3.8) is 0 Å². The molecule has 3 rings (SSSR count). The monoisotopic (exact) mass is 391 g/mol. The van der Waals surface area contributed by atoms with Gasteiger partial charge in [0.15, 0.2) is 5.01 Å². The molecule has 0 unspecified atom stereocenters. The third kappa shape index (κ3) is 4.36. The van der Waals surface area contributed by atoms with Crippen LogP contribution in [0.15, 0.2) is 48.5 Å². The molecule has 0 radical (unpaired) electrons. The molecule has 0 aliphatic heterocycles. The van der Waals surface area contributed by atoms with Crippen molar-refractivity contribution in [1.82, 2.24) is 10.2 Å². The highest BCUT2D eigenvalue weighted by Crippen LogP contribution is 2.29. The number of nitrogens with one attached hydrogen (secondary N) is 1. The summed E-state index contributed by atoms with van der Waals surface area (Å²) in [5.74, 6) is -0.363. The van der Waals surface area contributed by atoms with Gasteiger partial charge in [0.05, 0.1) is 10.1 Å². The summed E-state index contributed by atoms with van der Waals surface area (Å²) in [6.45, 7) is 0. The van der Waals surface area contributed by atoms with Gasteiger partial charge in [-0.3, -0.25) is 4.79 Å². The Balaban J connectivity index is 1.77. The molecule has 8 heteroatoms. The minimum atomic E-state index is -0.355. The predicted molar refractivity (Wildman–Crippen MR) is 101 cm³/mol. The number of halogens is 2. The minimum absolute atomic E-state index is 0.00859. The van der Waals surface area contributed by atoms with E-state index in [0.29, 0.717) is 21.3 Å². The summed E-state index contributed by atoms with van der Waals surface area (Å²) in [5, 5.41) is 21.1. The molecule has 25 heavy (non-hydrogen) atoms. The Bertz CT molecular complexity index is 942. The van der Waals surface area contributed by atoms with Crippen molar-refractivity contribution in [1.29, 1.82) is 0 Å². The van der Waals surface area contributed by atoms with Gasteiger partial charge in [-0.15, -0.1) is 10.2 Å². The second-order valence-corrected chi connectivity index (χ2v) is 6.73. The third-order valence-corrected chi connectivity index (χ3v) is 4.78. The lowest BCUT2D eigenvalue weighted by atomic mass is 10.2. The molecular formula is C17H11Cl2N3O2S. The van der Waals surface area contributed by atoms with Gasteiger partial charge in [-0.2, -0.15) is 0 Å².